The minimum absolute atomic E-state index is 0.108. The van der Waals surface area contributed by atoms with Crippen LogP contribution in [0.5, 0.6) is 0 Å². The van der Waals surface area contributed by atoms with Crippen LogP contribution in [0.25, 0.3) is 0 Å². The number of rotatable bonds is 73. The highest BCUT2D eigenvalue weighted by Crippen LogP contribution is 2.45. The van der Waals surface area contributed by atoms with Crippen LogP contribution in [0.2, 0.25) is 0 Å². The van der Waals surface area contributed by atoms with E-state index in [2.05, 4.69) is 34.6 Å². The Kier molecular flexibility index (Phi) is 64.9. The van der Waals surface area contributed by atoms with Gasteiger partial charge < -0.3 is 33.8 Å². The van der Waals surface area contributed by atoms with Crippen molar-refractivity contribution < 1.29 is 80.2 Å². The van der Waals surface area contributed by atoms with Crippen molar-refractivity contribution in [2.75, 3.05) is 39.6 Å². The molecule has 0 saturated heterocycles. The molecule has 17 nitrogen and oxygen atoms in total. The van der Waals surface area contributed by atoms with Crippen molar-refractivity contribution in [2.24, 2.45) is 5.92 Å². The molecule has 0 rings (SSSR count). The standard InChI is InChI=1S/C73H142O17P2/c1-6-9-12-15-18-21-24-26-27-28-29-30-32-39-44-49-54-59-73(78)90-69(63-84-71(76)57-52-47-42-37-34-33-35-40-45-50-55-66(4)5)65-88-92(81,82)86-61-67(74)60-85-91(79,80)87-64-68(62-83-70(75)56-51-46-41-36-23-20-17-14-11-8-3)89-72(77)58-53-48-43-38-31-25-22-19-16-13-10-7-2/h66-69,74H,6-65H2,1-5H3,(H,79,80)(H,81,82)/t67-,68+,69+/m0/s1. The van der Waals surface area contributed by atoms with Gasteiger partial charge in [-0.2, -0.15) is 0 Å². The minimum atomic E-state index is -4.95. The van der Waals surface area contributed by atoms with Gasteiger partial charge in [0, 0.05) is 25.7 Å². The Morgan fingerprint density at radius 1 is 0.293 bits per heavy atom. The number of aliphatic hydroxyl groups excluding tert-OH is 1. The summed E-state index contributed by atoms with van der Waals surface area (Å²) in [6, 6.07) is 0. The third-order valence-corrected chi connectivity index (χ3v) is 18.9. The Balaban J connectivity index is 5.24. The number of aliphatic hydroxyl groups is 1. The van der Waals surface area contributed by atoms with Crippen LogP contribution >= 0.6 is 15.6 Å². The molecule has 546 valence electrons. The van der Waals surface area contributed by atoms with Crippen LogP contribution in [0.1, 0.15) is 381 Å². The van der Waals surface area contributed by atoms with Crippen molar-refractivity contribution in [2.45, 2.75) is 400 Å². The number of phosphoric ester groups is 2. The fourth-order valence-electron chi connectivity index (χ4n) is 11.2. The molecule has 0 fully saturated rings. The quantitative estimate of drug-likeness (QED) is 0.0222. The van der Waals surface area contributed by atoms with Crippen LogP contribution in [0.15, 0.2) is 0 Å². The predicted molar refractivity (Wildman–Crippen MR) is 372 cm³/mol. The number of esters is 4. The van der Waals surface area contributed by atoms with Crippen molar-refractivity contribution in [3.05, 3.63) is 0 Å². The number of hydrogen-bond acceptors (Lipinski definition) is 15. The fraction of sp³-hybridized carbons (Fsp3) is 0.945. The van der Waals surface area contributed by atoms with E-state index in [1.165, 1.54) is 205 Å². The zero-order chi connectivity index (χ0) is 67.7. The first-order chi connectivity index (χ1) is 44.5. The molecule has 0 aliphatic carbocycles. The Bertz CT molecular complexity index is 1770. The highest BCUT2D eigenvalue weighted by molar-refractivity contribution is 7.47. The van der Waals surface area contributed by atoms with E-state index in [0.717, 1.165) is 95.8 Å². The topological polar surface area (TPSA) is 237 Å². The lowest BCUT2D eigenvalue weighted by Gasteiger charge is -2.21. The molecule has 92 heavy (non-hydrogen) atoms. The lowest BCUT2D eigenvalue weighted by molar-refractivity contribution is -0.161. The lowest BCUT2D eigenvalue weighted by atomic mass is 10.0. The summed E-state index contributed by atoms with van der Waals surface area (Å²) in [6.07, 6.45) is 54.0. The predicted octanol–water partition coefficient (Wildman–Crippen LogP) is 21.3. The molecule has 0 aromatic heterocycles. The highest BCUT2D eigenvalue weighted by atomic mass is 31.2. The second kappa shape index (κ2) is 66.3. The summed E-state index contributed by atoms with van der Waals surface area (Å²) in [5.41, 5.74) is 0. The SMILES string of the molecule is CCCCCCCCCCCCCCCCCCCC(=O)O[C@H](COC(=O)CCCCCCCCCCCCC(C)C)COP(=O)(O)OC[C@@H](O)COP(=O)(O)OC[C@@H](COC(=O)CCCCCCCCCCCC)OC(=O)CCCCCCCCCCCCCC. The molecule has 0 aromatic carbocycles. The van der Waals surface area contributed by atoms with Gasteiger partial charge in [-0.25, -0.2) is 9.13 Å². The first kappa shape index (κ1) is 90.1. The third kappa shape index (κ3) is 66.7. The van der Waals surface area contributed by atoms with Gasteiger partial charge in [-0.15, -0.1) is 0 Å². The normalized spacial score (nSPS) is 14.0. The maximum Gasteiger partial charge on any atom is 0.472 e. The summed E-state index contributed by atoms with van der Waals surface area (Å²) in [5, 5.41) is 10.6. The van der Waals surface area contributed by atoms with Crippen molar-refractivity contribution in [3.63, 3.8) is 0 Å². The summed E-state index contributed by atoms with van der Waals surface area (Å²) >= 11 is 0. The summed E-state index contributed by atoms with van der Waals surface area (Å²) in [6.45, 7) is 7.26. The molecule has 0 bridgehead atoms. The maximum absolute atomic E-state index is 13.1. The van der Waals surface area contributed by atoms with E-state index in [9.17, 15) is 43.2 Å². The molecule has 0 radical (unpaired) electrons. The Labute approximate surface area is 562 Å². The van der Waals surface area contributed by atoms with Crippen molar-refractivity contribution in [1.29, 1.82) is 0 Å². The van der Waals surface area contributed by atoms with E-state index < -0.39 is 97.5 Å². The first-order valence-corrected chi connectivity index (χ1v) is 41.1. The second-order valence-electron chi connectivity index (χ2n) is 26.8. The Morgan fingerprint density at radius 3 is 0.739 bits per heavy atom. The molecule has 19 heteroatoms. The smallest absolute Gasteiger partial charge is 0.462 e. The molecule has 0 saturated carbocycles. The average molecular weight is 1350 g/mol. The Hall–Kier alpha value is -1.94. The number of hydrogen-bond donors (Lipinski definition) is 3. The van der Waals surface area contributed by atoms with Gasteiger partial charge in [0.05, 0.1) is 26.4 Å². The first-order valence-electron chi connectivity index (χ1n) is 38.1. The van der Waals surface area contributed by atoms with Crippen LogP contribution < -0.4 is 0 Å². The van der Waals surface area contributed by atoms with Gasteiger partial charge in [-0.1, -0.05) is 330 Å². The molecular weight excluding hydrogens is 1210 g/mol. The van der Waals surface area contributed by atoms with E-state index in [1.54, 1.807) is 0 Å². The van der Waals surface area contributed by atoms with Gasteiger partial charge in [0.2, 0.25) is 0 Å². The van der Waals surface area contributed by atoms with Crippen LogP contribution in [0, 0.1) is 5.92 Å². The molecule has 0 spiro atoms. The number of phosphoric acid groups is 2. The van der Waals surface area contributed by atoms with Crippen molar-refractivity contribution in [1.82, 2.24) is 0 Å². The van der Waals surface area contributed by atoms with E-state index >= 15 is 0 Å². The van der Waals surface area contributed by atoms with Crippen LogP contribution in [-0.2, 0) is 65.4 Å². The van der Waals surface area contributed by atoms with Gasteiger partial charge in [0.1, 0.15) is 19.3 Å². The van der Waals surface area contributed by atoms with Gasteiger partial charge in [-0.05, 0) is 31.6 Å². The zero-order valence-corrected chi connectivity index (χ0v) is 61.5. The molecule has 0 heterocycles. The number of carbonyl (C=O) groups is 4. The molecular formula is C73H142O17P2. The summed E-state index contributed by atoms with van der Waals surface area (Å²) in [7, 11) is -9.90. The lowest BCUT2D eigenvalue weighted by Crippen LogP contribution is -2.30. The molecule has 3 N–H and O–H groups in total. The molecule has 2 unspecified atom stereocenters. The largest absolute Gasteiger partial charge is 0.472 e. The van der Waals surface area contributed by atoms with Crippen LogP contribution in [0.4, 0.5) is 0 Å². The minimum Gasteiger partial charge on any atom is -0.462 e. The van der Waals surface area contributed by atoms with Gasteiger partial charge in [0.25, 0.3) is 0 Å². The number of ether oxygens (including phenoxy) is 4. The average Bonchev–Trinajstić information content (AvgIpc) is 1.53. The van der Waals surface area contributed by atoms with E-state index in [-0.39, 0.29) is 25.7 Å². The van der Waals surface area contributed by atoms with Crippen molar-refractivity contribution >= 4 is 39.5 Å². The molecule has 0 aliphatic rings. The van der Waals surface area contributed by atoms with E-state index in [0.29, 0.717) is 25.7 Å². The molecule has 0 amide bonds. The zero-order valence-electron chi connectivity index (χ0n) is 59.7. The van der Waals surface area contributed by atoms with Crippen LogP contribution in [-0.4, -0.2) is 96.7 Å². The van der Waals surface area contributed by atoms with Gasteiger partial charge in [-0.3, -0.25) is 37.3 Å². The molecule has 5 atom stereocenters. The molecule has 0 aromatic rings. The third-order valence-electron chi connectivity index (χ3n) is 17.0. The van der Waals surface area contributed by atoms with Gasteiger partial charge in [0.15, 0.2) is 12.2 Å². The van der Waals surface area contributed by atoms with Crippen molar-refractivity contribution in [3.8, 4) is 0 Å². The number of carbonyl (C=O) groups excluding carboxylic acids is 4. The maximum atomic E-state index is 13.1. The summed E-state index contributed by atoms with van der Waals surface area (Å²) in [5.74, 6) is -1.36. The number of unbranched alkanes of at least 4 members (excludes halogenated alkanes) is 45. The second-order valence-corrected chi connectivity index (χ2v) is 29.7. The molecule has 0 aliphatic heterocycles. The summed E-state index contributed by atoms with van der Waals surface area (Å²) in [4.78, 5) is 72.7. The van der Waals surface area contributed by atoms with E-state index in [4.69, 9.17) is 37.0 Å². The van der Waals surface area contributed by atoms with Crippen LogP contribution in [0.3, 0.4) is 0 Å². The van der Waals surface area contributed by atoms with E-state index in [1.807, 2.05) is 0 Å². The van der Waals surface area contributed by atoms with Gasteiger partial charge >= 0.3 is 39.5 Å². The summed E-state index contributed by atoms with van der Waals surface area (Å²) < 4.78 is 68.4. The monoisotopic (exact) mass is 1350 g/mol. The Morgan fingerprint density at radius 2 is 0.500 bits per heavy atom. The highest BCUT2D eigenvalue weighted by Gasteiger charge is 2.30. The fourth-order valence-corrected chi connectivity index (χ4v) is 12.8.